The van der Waals surface area contributed by atoms with Gasteiger partial charge in [-0.1, -0.05) is 0 Å². The monoisotopic (exact) mass is 528 g/mol. The zero-order chi connectivity index (χ0) is 25.8. The molecule has 10 nitrogen and oxygen atoms in total. The van der Waals surface area contributed by atoms with E-state index < -0.39 is 28.8 Å². The minimum Gasteiger partial charge on any atom is -0.504 e. The van der Waals surface area contributed by atoms with Crippen molar-refractivity contribution in [2.75, 3.05) is 32.9 Å². The quantitative estimate of drug-likeness (QED) is 0.251. The van der Waals surface area contributed by atoms with Gasteiger partial charge in [-0.3, -0.25) is 9.59 Å². The maximum Gasteiger partial charge on any atom is 0.338 e. The Kier molecular flexibility index (Phi) is 9.99. The van der Waals surface area contributed by atoms with Gasteiger partial charge in [0.25, 0.3) is 0 Å². The average molecular weight is 529 g/mol. The molecule has 202 valence electrons. The van der Waals surface area contributed by atoms with Crippen LogP contribution in [0.2, 0.25) is 0 Å². The lowest BCUT2D eigenvalue weighted by molar-refractivity contribution is -0.157. The Balaban J connectivity index is 0.00000456. The summed E-state index contributed by atoms with van der Waals surface area (Å²) in [6.07, 6.45) is 1.45. The fourth-order valence-electron chi connectivity index (χ4n) is 3.61. The average Bonchev–Trinajstić information content (AvgIpc) is 3.32. The standard InChI is InChI=1S/C25H36N2O8.ClH/c1-15-9-19(28)20(29)10-18(15)22(31)34-13-17(35-23(32)25(4)6-7-25)11-27-24(2,3)14-26-21(30)16-5-8-33-12-16;/h9-10,16-17,27-29H,5-8,11-14H2,1-4H3,(H,26,30);1H. The van der Waals surface area contributed by atoms with Gasteiger partial charge in [-0.25, -0.2) is 4.79 Å². The lowest BCUT2D eigenvalue weighted by Crippen LogP contribution is -2.53. The molecule has 2 fully saturated rings. The number of halogens is 1. The Hall–Kier alpha value is -2.56. The van der Waals surface area contributed by atoms with Crippen LogP contribution in [0.4, 0.5) is 0 Å². The number of aryl methyl sites for hydroxylation is 1. The van der Waals surface area contributed by atoms with Crippen LogP contribution in [0, 0.1) is 18.3 Å². The predicted molar refractivity (Wildman–Crippen MR) is 133 cm³/mol. The van der Waals surface area contributed by atoms with Crippen LogP contribution in [-0.2, 0) is 23.8 Å². The summed E-state index contributed by atoms with van der Waals surface area (Å²) in [5.41, 5.74) is -0.487. The maximum atomic E-state index is 12.6. The molecule has 4 N–H and O–H groups in total. The molecular formula is C25H37ClN2O8. The van der Waals surface area contributed by atoms with Crippen LogP contribution >= 0.6 is 12.4 Å². The number of esters is 2. The van der Waals surface area contributed by atoms with Gasteiger partial charge >= 0.3 is 11.9 Å². The number of ether oxygens (including phenoxy) is 3. The van der Waals surface area contributed by atoms with E-state index in [9.17, 15) is 24.6 Å². The van der Waals surface area contributed by atoms with Gasteiger partial charge in [-0.15, -0.1) is 12.4 Å². The minimum atomic E-state index is -0.756. The van der Waals surface area contributed by atoms with Crippen molar-refractivity contribution in [2.45, 2.75) is 58.6 Å². The Morgan fingerprint density at radius 2 is 1.89 bits per heavy atom. The number of hydrogen-bond donors (Lipinski definition) is 4. The lowest BCUT2D eigenvalue weighted by Gasteiger charge is -2.30. The van der Waals surface area contributed by atoms with Crippen LogP contribution in [0.1, 0.15) is 56.0 Å². The van der Waals surface area contributed by atoms with E-state index in [-0.39, 0.29) is 54.7 Å². The van der Waals surface area contributed by atoms with Gasteiger partial charge < -0.3 is 35.1 Å². The molecule has 0 aromatic heterocycles. The Morgan fingerprint density at radius 1 is 1.22 bits per heavy atom. The summed E-state index contributed by atoms with van der Waals surface area (Å²) in [5, 5.41) is 25.5. The number of amides is 1. The second-order valence-corrected chi connectivity index (χ2v) is 10.4. The number of carbonyl (C=O) groups is 3. The van der Waals surface area contributed by atoms with E-state index in [1.54, 1.807) is 6.92 Å². The van der Waals surface area contributed by atoms with Crippen LogP contribution < -0.4 is 10.6 Å². The molecule has 3 rings (SSSR count). The molecule has 1 aliphatic heterocycles. The van der Waals surface area contributed by atoms with Gasteiger partial charge in [0.05, 0.1) is 23.5 Å². The third-order valence-corrected chi connectivity index (χ3v) is 6.52. The summed E-state index contributed by atoms with van der Waals surface area (Å²) < 4.78 is 16.3. The first-order valence-electron chi connectivity index (χ1n) is 11.9. The van der Waals surface area contributed by atoms with Crippen molar-refractivity contribution in [3.8, 4) is 11.5 Å². The Morgan fingerprint density at radius 3 is 2.50 bits per heavy atom. The van der Waals surface area contributed by atoms with Gasteiger partial charge in [0.2, 0.25) is 5.91 Å². The molecule has 11 heteroatoms. The zero-order valence-corrected chi connectivity index (χ0v) is 22.0. The van der Waals surface area contributed by atoms with Crippen LogP contribution in [-0.4, -0.2) is 72.6 Å². The molecule has 0 spiro atoms. The van der Waals surface area contributed by atoms with Gasteiger partial charge in [0.1, 0.15) is 12.7 Å². The third-order valence-electron chi connectivity index (χ3n) is 6.52. The van der Waals surface area contributed by atoms with Crippen molar-refractivity contribution in [3.05, 3.63) is 23.3 Å². The van der Waals surface area contributed by atoms with Crippen LogP contribution in [0.5, 0.6) is 11.5 Å². The molecule has 2 unspecified atom stereocenters. The van der Waals surface area contributed by atoms with Gasteiger partial charge in [-0.05, 0) is 64.7 Å². The summed E-state index contributed by atoms with van der Waals surface area (Å²) in [4.78, 5) is 37.5. The molecule has 1 aromatic carbocycles. The summed E-state index contributed by atoms with van der Waals surface area (Å²) in [7, 11) is 0. The first-order valence-corrected chi connectivity index (χ1v) is 11.9. The molecule has 36 heavy (non-hydrogen) atoms. The van der Waals surface area contributed by atoms with E-state index >= 15 is 0 Å². The molecule has 1 saturated heterocycles. The van der Waals surface area contributed by atoms with E-state index in [0.717, 1.165) is 18.9 Å². The normalized spacial score (nSPS) is 19.1. The number of aromatic hydroxyl groups is 2. The van der Waals surface area contributed by atoms with E-state index in [0.29, 0.717) is 31.7 Å². The van der Waals surface area contributed by atoms with Crippen LogP contribution in [0.25, 0.3) is 0 Å². The van der Waals surface area contributed by atoms with Gasteiger partial charge in [0, 0.05) is 25.2 Å². The number of nitrogens with one attached hydrogen (secondary N) is 2. The second-order valence-electron chi connectivity index (χ2n) is 10.4. The number of rotatable bonds is 11. The molecule has 1 amide bonds. The number of hydrogen-bond acceptors (Lipinski definition) is 9. The second kappa shape index (κ2) is 12.1. The highest BCUT2D eigenvalue weighted by molar-refractivity contribution is 5.92. The third kappa shape index (κ3) is 7.97. The van der Waals surface area contributed by atoms with E-state index in [1.165, 1.54) is 6.07 Å². The first-order chi connectivity index (χ1) is 16.4. The van der Waals surface area contributed by atoms with E-state index in [2.05, 4.69) is 10.6 Å². The largest absolute Gasteiger partial charge is 0.504 e. The van der Waals surface area contributed by atoms with Crippen molar-refractivity contribution >= 4 is 30.3 Å². The predicted octanol–water partition coefficient (Wildman–Crippen LogP) is 2.22. The van der Waals surface area contributed by atoms with E-state index in [1.807, 2.05) is 20.8 Å². The topological polar surface area (TPSA) is 143 Å². The fraction of sp³-hybridized carbons (Fsp3) is 0.640. The number of benzene rings is 1. The van der Waals surface area contributed by atoms with Gasteiger partial charge in [0.15, 0.2) is 11.5 Å². The zero-order valence-electron chi connectivity index (χ0n) is 21.2. The maximum absolute atomic E-state index is 12.6. The molecule has 1 heterocycles. The molecule has 0 radical (unpaired) electrons. The lowest BCUT2D eigenvalue weighted by atomic mass is 10.0. The molecule has 0 bridgehead atoms. The summed E-state index contributed by atoms with van der Waals surface area (Å²) >= 11 is 0. The number of phenolic OH excluding ortho intramolecular Hbond substituents is 2. The summed E-state index contributed by atoms with van der Waals surface area (Å²) in [5.74, 6) is -2.00. The van der Waals surface area contributed by atoms with Crippen molar-refractivity contribution in [1.82, 2.24) is 10.6 Å². The smallest absolute Gasteiger partial charge is 0.338 e. The SMILES string of the molecule is Cc1cc(O)c(O)cc1C(=O)OCC(CNC(C)(C)CNC(=O)C1CCOC1)OC(=O)C1(C)CC1.Cl. The number of carbonyl (C=O) groups excluding carboxylic acids is 3. The first kappa shape index (κ1) is 29.7. The molecular weight excluding hydrogens is 492 g/mol. The Labute approximate surface area is 217 Å². The van der Waals surface area contributed by atoms with Crippen molar-refractivity contribution in [1.29, 1.82) is 0 Å². The highest BCUT2D eigenvalue weighted by Crippen LogP contribution is 2.46. The van der Waals surface area contributed by atoms with Crippen LogP contribution in [0.3, 0.4) is 0 Å². The molecule has 1 aliphatic carbocycles. The van der Waals surface area contributed by atoms with Crippen molar-refractivity contribution in [3.63, 3.8) is 0 Å². The summed E-state index contributed by atoms with van der Waals surface area (Å²) in [6.45, 7) is 8.64. The highest BCUT2D eigenvalue weighted by Gasteiger charge is 2.47. The molecule has 2 atom stereocenters. The summed E-state index contributed by atoms with van der Waals surface area (Å²) in [6, 6.07) is 2.41. The minimum absolute atomic E-state index is 0. The van der Waals surface area contributed by atoms with Crippen molar-refractivity contribution in [2.24, 2.45) is 11.3 Å². The van der Waals surface area contributed by atoms with Crippen molar-refractivity contribution < 1.29 is 38.8 Å². The fourth-order valence-corrected chi connectivity index (χ4v) is 3.61. The Bertz CT molecular complexity index is 958. The molecule has 1 aromatic rings. The van der Waals surface area contributed by atoms with E-state index in [4.69, 9.17) is 14.2 Å². The van der Waals surface area contributed by atoms with Crippen LogP contribution in [0.15, 0.2) is 12.1 Å². The highest BCUT2D eigenvalue weighted by atomic mass is 35.5. The number of phenols is 2. The molecule has 2 aliphatic rings. The molecule has 1 saturated carbocycles. The van der Waals surface area contributed by atoms with Gasteiger partial charge in [-0.2, -0.15) is 0 Å².